The molecule has 0 fully saturated rings. The molecule has 1 N–H and O–H groups in total. The molecule has 0 atom stereocenters. The molecule has 3 aromatic carbocycles. The number of methoxy groups -OCH3 is 1. The number of fused-ring (bicyclic) bond motifs is 1. The van der Waals surface area contributed by atoms with Crippen molar-refractivity contribution in [2.24, 2.45) is 0 Å². The van der Waals surface area contributed by atoms with Crippen molar-refractivity contribution < 1.29 is 28.2 Å². The van der Waals surface area contributed by atoms with Crippen molar-refractivity contribution >= 4 is 28.6 Å². The number of pyridine rings is 1. The minimum atomic E-state index is -1.04. The zero-order chi connectivity index (χ0) is 29.1. The van der Waals surface area contributed by atoms with Gasteiger partial charge in [-0.15, -0.1) is 0 Å². The molecular formula is C31H26ClF2N3O4. The van der Waals surface area contributed by atoms with Gasteiger partial charge in [-0.3, -0.25) is 0 Å². The van der Waals surface area contributed by atoms with Crippen molar-refractivity contribution in [2.75, 3.05) is 13.7 Å². The molecule has 41 heavy (non-hydrogen) atoms. The van der Waals surface area contributed by atoms with Gasteiger partial charge in [0.25, 0.3) is 0 Å². The standard InChI is InChI=1S/C31H26ClF2N3O4/c1-18-3-4-22(24(33)13-18)17-41-30-23(32)8-10-26(36-30)20-6-5-19(25(34)14-20)16-29-35-27-9-7-21(31(38)39)15-28(27)37(29)11-12-40-2/h3-10,13-15H,11-12,16-17H2,1-2H3,(H,38,39). The topological polar surface area (TPSA) is 86.5 Å². The van der Waals surface area contributed by atoms with Gasteiger partial charge < -0.3 is 19.1 Å². The Bertz CT molecular complexity index is 1760. The monoisotopic (exact) mass is 577 g/mol. The number of nitrogens with zero attached hydrogens (tertiary/aromatic N) is 3. The Balaban J connectivity index is 1.40. The lowest BCUT2D eigenvalue weighted by Gasteiger charge is -2.12. The van der Waals surface area contributed by atoms with E-state index in [9.17, 15) is 14.3 Å². The van der Waals surface area contributed by atoms with Crippen LogP contribution in [0.2, 0.25) is 5.02 Å². The molecule has 0 saturated heterocycles. The number of hydrogen-bond acceptors (Lipinski definition) is 5. The molecule has 0 radical (unpaired) electrons. The van der Waals surface area contributed by atoms with Gasteiger partial charge in [0, 0.05) is 31.2 Å². The second kappa shape index (κ2) is 12.0. The first-order valence-corrected chi connectivity index (χ1v) is 13.2. The molecule has 5 rings (SSSR count). The van der Waals surface area contributed by atoms with Crippen LogP contribution < -0.4 is 4.74 Å². The molecule has 2 heterocycles. The first-order chi connectivity index (χ1) is 19.7. The van der Waals surface area contributed by atoms with Crippen molar-refractivity contribution in [2.45, 2.75) is 26.5 Å². The number of ether oxygens (including phenoxy) is 2. The fourth-order valence-electron chi connectivity index (χ4n) is 4.49. The largest absolute Gasteiger partial charge is 0.478 e. The quantitative estimate of drug-likeness (QED) is 0.195. The zero-order valence-electron chi connectivity index (χ0n) is 22.3. The lowest BCUT2D eigenvalue weighted by molar-refractivity contribution is 0.0697. The van der Waals surface area contributed by atoms with Crippen molar-refractivity contribution in [1.82, 2.24) is 14.5 Å². The summed E-state index contributed by atoms with van der Waals surface area (Å²) in [5.74, 6) is -1.19. The maximum absolute atomic E-state index is 15.4. The highest BCUT2D eigenvalue weighted by molar-refractivity contribution is 6.31. The van der Waals surface area contributed by atoms with Gasteiger partial charge in [0.15, 0.2) is 0 Å². The number of aromatic carboxylic acids is 1. The molecule has 210 valence electrons. The van der Waals surface area contributed by atoms with Gasteiger partial charge in [0.1, 0.15) is 29.1 Å². The normalized spacial score (nSPS) is 11.2. The summed E-state index contributed by atoms with van der Waals surface area (Å²) < 4.78 is 42.4. The molecule has 0 aliphatic carbocycles. The number of aromatic nitrogens is 3. The van der Waals surface area contributed by atoms with Crippen LogP contribution in [0, 0.1) is 18.6 Å². The molecule has 7 nitrogen and oxygen atoms in total. The van der Waals surface area contributed by atoms with Crippen LogP contribution in [0.25, 0.3) is 22.3 Å². The van der Waals surface area contributed by atoms with Crippen LogP contribution in [-0.2, 0) is 24.3 Å². The summed E-state index contributed by atoms with van der Waals surface area (Å²) in [5.41, 5.74) is 3.90. The Labute approximate surface area is 240 Å². The average molecular weight is 578 g/mol. The van der Waals surface area contributed by atoms with Crippen LogP contribution in [0.15, 0.2) is 66.7 Å². The first-order valence-electron chi connectivity index (χ1n) is 12.8. The average Bonchev–Trinajstić information content (AvgIpc) is 3.29. The van der Waals surface area contributed by atoms with Crippen LogP contribution in [0.5, 0.6) is 5.88 Å². The van der Waals surface area contributed by atoms with Crippen molar-refractivity contribution in [3.8, 4) is 17.1 Å². The number of imidazole rings is 1. The Kier molecular flexibility index (Phi) is 8.28. The number of carboxylic acid groups (broad SMARTS) is 1. The summed E-state index contributed by atoms with van der Waals surface area (Å²) in [5, 5.41) is 9.65. The van der Waals surface area contributed by atoms with Gasteiger partial charge in [0.2, 0.25) is 5.88 Å². The molecule has 0 unspecified atom stereocenters. The van der Waals surface area contributed by atoms with E-state index in [-0.39, 0.29) is 35.3 Å². The van der Waals surface area contributed by atoms with E-state index >= 15 is 4.39 Å². The van der Waals surface area contributed by atoms with E-state index in [4.69, 9.17) is 21.1 Å². The summed E-state index contributed by atoms with van der Waals surface area (Å²) in [7, 11) is 1.57. The Morgan fingerprint density at radius 2 is 1.76 bits per heavy atom. The van der Waals surface area contributed by atoms with Gasteiger partial charge in [0.05, 0.1) is 28.9 Å². The van der Waals surface area contributed by atoms with Crippen LogP contribution in [0.1, 0.15) is 32.9 Å². The number of hydrogen-bond donors (Lipinski definition) is 1. The lowest BCUT2D eigenvalue weighted by atomic mass is 10.1. The molecule has 10 heteroatoms. The van der Waals surface area contributed by atoms with E-state index in [1.807, 2.05) is 4.57 Å². The highest BCUT2D eigenvalue weighted by atomic mass is 35.5. The molecule has 0 aliphatic rings. The third-order valence-electron chi connectivity index (χ3n) is 6.68. The van der Waals surface area contributed by atoms with E-state index < -0.39 is 11.8 Å². The molecule has 0 aliphatic heterocycles. The maximum atomic E-state index is 15.4. The highest BCUT2D eigenvalue weighted by Gasteiger charge is 2.17. The fourth-order valence-corrected chi connectivity index (χ4v) is 4.65. The molecule has 2 aromatic heterocycles. The maximum Gasteiger partial charge on any atom is 0.335 e. The lowest BCUT2D eigenvalue weighted by Crippen LogP contribution is -2.10. The van der Waals surface area contributed by atoms with E-state index in [1.165, 1.54) is 18.2 Å². The molecule has 0 amide bonds. The molecule has 5 aromatic rings. The number of carbonyl (C=O) groups is 1. The second-order valence-corrected chi connectivity index (χ2v) is 9.94. The molecule has 0 spiro atoms. The Morgan fingerprint density at radius 1 is 0.976 bits per heavy atom. The van der Waals surface area contributed by atoms with Crippen LogP contribution in [0.3, 0.4) is 0 Å². The van der Waals surface area contributed by atoms with Crippen molar-refractivity contribution in [1.29, 1.82) is 0 Å². The SMILES string of the molecule is COCCn1c(Cc2ccc(-c3ccc(Cl)c(OCc4ccc(C)cc4F)n3)cc2F)nc2ccc(C(=O)O)cc21. The van der Waals surface area contributed by atoms with Crippen molar-refractivity contribution in [3.63, 3.8) is 0 Å². The van der Waals surface area contributed by atoms with E-state index in [0.717, 1.165) is 5.56 Å². The third-order valence-corrected chi connectivity index (χ3v) is 6.97. The van der Waals surface area contributed by atoms with Crippen LogP contribution in [-0.4, -0.2) is 39.3 Å². The van der Waals surface area contributed by atoms with E-state index in [1.54, 1.807) is 62.6 Å². The summed E-state index contributed by atoms with van der Waals surface area (Å²) in [6.45, 7) is 2.54. The Hall–Kier alpha value is -4.34. The Morgan fingerprint density at radius 3 is 2.49 bits per heavy atom. The number of rotatable bonds is 10. The van der Waals surface area contributed by atoms with E-state index in [2.05, 4.69) is 9.97 Å². The minimum absolute atomic E-state index is 0.0619. The third kappa shape index (κ3) is 6.21. The van der Waals surface area contributed by atoms with Crippen LogP contribution >= 0.6 is 11.6 Å². The predicted molar refractivity (Wildman–Crippen MR) is 151 cm³/mol. The number of benzene rings is 3. The fraction of sp³-hybridized carbons (Fsp3) is 0.194. The van der Waals surface area contributed by atoms with E-state index in [0.29, 0.717) is 52.4 Å². The van der Waals surface area contributed by atoms with Gasteiger partial charge in [-0.05, 0) is 60.5 Å². The summed E-state index contributed by atoms with van der Waals surface area (Å²) in [4.78, 5) is 20.6. The molecular weight excluding hydrogens is 552 g/mol. The van der Waals surface area contributed by atoms with Crippen molar-refractivity contribution in [3.05, 3.63) is 111 Å². The summed E-state index contributed by atoms with van der Waals surface area (Å²) >= 11 is 6.27. The van der Waals surface area contributed by atoms with Gasteiger partial charge >= 0.3 is 5.97 Å². The number of aryl methyl sites for hydroxylation is 1. The molecule has 0 bridgehead atoms. The first kappa shape index (κ1) is 28.2. The van der Waals surface area contributed by atoms with Gasteiger partial charge in [-0.25, -0.2) is 23.5 Å². The van der Waals surface area contributed by atoms with Crippen LogP contribution in [0.4, 0.5) is 8.78 Å². The minimum Gasteiger partial charge on any atom is -0.478 e. The van der Waals surface area contributed by atoms with Gasteiger partial charge in [-0.1, -0.05) is 35.9 Å². The summed E-state index contributed by atoms with van der Waals surface area (Å²) in [6, 6.07) is 17.6. The number of halogens is 3. The predicted octanol–water partition coefficient (Wildman–Crippen LogP) is 6.85. The zero-order valence-corrected chi connectivity index (χ0v) is 23.1. The smallest absolute Gasteiger partial charge is 0.335 e. The highest BCUT2D eigenvalue weighted by Crippen LogP contribution is 2.29. The summed E-state index contributed by atoms with van der Waals surface area (Å²) in [6.07, 6.45) is 0.178. The molecule has 0 saturated carbocycles. The number of carboxylic acids is 1. The second-order valence-electron chi connectivity index (χ2n) is 9.53. The van der Waals surface area contributed by atoms with Gasteiger partial charge in [-0.2, -0.15) is 0 Å².